The first-order chi connectivity index (χ1) is 12.4. The smallest absolute Gasteiger partial charge is 0.188 e. The summed E-state index contributed by atoms with van der Waals surface area (Å²) in [5, 5.41) is 9.65. The van der Waals surface area contributed by atoms with Crippen LogP contribution in [0, 0.1) is 0 Å². The van der Waals surface area contributed by atoms with Crippen molar-refractivity contribution in [3.63, 3.8) is 0 Å². The molecule has 138 valence electrons. The van der Waals surface area contributed by atoms with Gasteiger partial charge in [-0.15, -0.1) is 0 Å². The molecule has 0 aliphatic carbocycles. The lowest BCUT2D eigenvalue weighted by Crippen LogP contribution is -2.00. The van der Waals surface area contributed by atoms with E-state index in [2.05, 4.69) is 0 Å². The number of furan rings is 1. The van der Waals surface area contributed by atoms with Crippen LogP contribution in [-0.2, 0) is 21.0 Å². The van der Waals surface area contributed by atoms with Gasteiger partial charge in [-0.25, -0.2) is 8.42 Å². The van der Waals surface area contributed by atoms with Crippen molar-refractivity contribution in [1.29, 1.82) is 0 Å². The van der Waals surface area contributed by atoms with Crippen LogP contribution in [0.1, 0.15) is 5.56 Å². The van der Waals surface area contributed by atoms with E-state index in [1.165, 1.54) is 7.11 Å². The average molecular weight is 376 g/mol. The molecule has 0 unspecified atom stereocenters. The van der Waals surface area contributed by atoms with Gasteiger partial charge in [-0.1, -0.05) is 18.2 Å². The van der Waals surface area contributed by atoms with Crippen molar-refractivity contribution >= 4 is 20.8 Å². The molecule has 6 nitrogen and oxygen atoms in total. The Morgan fingerprint density at radius 3 is 2.65 bits per heavy atom. The number of sulfone groups is 1. The van der Waals surface area contributed by atoms with Gasteiger partial charge in [0.15, 0.2) is 22.4 Å². The summed E-state index contributed by atoms with van der Waals surface area (Å²) in [4.78, 5) is 0.135. The fraction of sp³-hybridized carbons (Fsp3) is 0.263. The quantitative estimate of drug-likeness (QED) is 0.638. The molecule has 26 heavy (non-hydrogen) atoms. The number of hydrogen-bond acceptors (Lipinski definition) is 6. The highest BCUT2D eigenvalue weighted by Crippen LogP contribution is 2.38. The Morgan fingerprint density at radius 1 is 1.15 bits per heavy atom. The maximum Gasteiger partial charge on any atom is 0.188 e. The number of hydrogen-bond donors (Lipinski definition) is 1. The summed E-state index contributed by atoms with van der Waals surface area (Å²) in [5.41, 5.74) is 1.92. The van der Waals surface area contributed by atoms with Crippen molar-refractivity contribution in [2.45, 2.75) is 11.3 Å². The Labute approximate surface area is 151 Å². The molecular weight excluding hydrogens is 356 g/mol. The second-order valence-electron chi connectivity index (χ2n) is 5.92. The first kappa shape index (κ1) is 18.4. The summed E-state index contributed by atoms with van der Waals surface area (Å²) in [5.74, 6) is 0.816. The molecule has 1 heterocycles. The van der Waals surface area contributed by atoms with Gasteiger partial charge >= 0.3 is 0 Å². The molecule has 0 saturated heterocycles. The van der Waals surface area contributed by atoms with Crippen LogP contribution in [0.15, 0.2) is 51.8 Å². The molecule has 0 bridgehead atoms. The molecule has 1 N–H and O–H groups in total. The molecule has 3 rings (SSSR count). The second kappa shape index (κ2) is 7.49. The number of ether oxygens (including phenoxy) is 2. The van der Waals surface area contributed by atoms with Gasteiger partial charge in [-0.2, -0.15) is 0 Å². The molecular formula is C19H20O6S. The average Bonchev–Trinajstić information content (AvgIpc) is 2.99. The second-order valence-corrected chi connectivity index (χ2v) is 7.87. The Morgan fingerprint density at radius 2 is 1.96 bits per heavy atom. The van der Waals surface area contributed by atoms with Crippen LogP contribution in [0.25, 0.3) is 22.3 Å². The molecule has 0 fully saturated rings. The molecule has 7 heteroatoms. The third-order valence-electron chi connectivity index (χ3n) is 3.92. The normalized spacial score (nSPS) is 11.8. The predicted octanol–water partition coefficient (Wildman–Crippen LogP) is 3.02. The maximum atomic E-state index is 12.5. The van der Waals surface area contributed by atoms with Crippen molar-refractivity contribution in [2.75, 3.05) is 26.8 Å². The van der Waals surface area contributed by atoms with Crippen LogP contribution >= 0.6 is 0 Å². The molecule has 2 aromatic carbocycles. The van der Waals surface area contributed by atoms with E-state index >= 15 is 0 Å². The Kier molecular flexibility index (Phi) is 5.31. The third-order valence-corrected chi connectivity index (χ3v) is 5.06. The molecule has 0 radical (unpaired) electrons. The molecule has 1 aromatic heterocycles. The highest BCUT2D eigenvalue weighted by molar-refractivity contribution is 7.91. The predicted molar refractivity (Wildman–Crippen MR) is 98.1 cm³/mol. The molecule has 0 saturated carbocycles. The van der Waals surface area contributed by atoms with E-state index in [9.17, 15) is 8.42 Å². The Balaban J connectivity index is 2.19. The lowest BCUT2D eigenvalue weighted by atomic mass is 10.1. The highest BCUT2D eigenvalue weighted by Gasteiger charge is 2.24. The third kappa shape index (κ3) is 3.75. The zero-order valence-electron chi connectivity index (χ0n) is 14.6. The van der Waals surface area contributed by atoms with Crippen molar-refractivity contribution in [1.82, 2.24) is 0 Å². The van der Waals surface area contributed by atoms with Gasteiger partial charge in [-0.3, -0.25) is 0 Å². The van der Waals surface area contributed by atoms with Crippen molar-refractivity contribution in [3.8, 4) is 17.1 Å². The highest BCUT2D eigenvalue weighted by atomic mass is 32.2. The summed E-state index contributed by atoms with van der Waals surface area (Å²) in [6.07, 6.45) is 1.60. The summed E-state index contributed by atoms with van der Waals surface area (Å²) in [7, 11) is -2.03. The van der Waals surface area contributed by atoms with Crippen molar-refractivity contribution in [3.05, 3.63) is 48.0 Å². The molecule has 0 aliphatic heterocycles. The SMILES string of the molecule is COCOc1cccc(-c2oc3ccc(CCO)cc3c2S(C)(=O)=O)c1. The van der Waals surface area contributed by atoms with Gasteiger partial charge in [0, 0.05) is 30.9 Å². The largest absolute Gasteiger partial charge is 0.468 e. The number of aliphatic hydroxyl groups excluding tert-OH is 1. The van der Waals surface area contributed by atoms with Gasteiger partial charge in [-0.05, 0) is 36.2 Å². The van der Waals surface area contributed by atoms with E-state index in [1.54, 1.807) is 36.4 Å². The van der Waals surface area contributed by atoms with Crippen LogP contribution < -0.4 is 4.74 Å². The first-order valence-electron chi connectivity index (χ1n) is 8.02. The summed E-state index contributed by atoms with van der Waals surface area (Å²) in [6.45, 7) is 0.0797. The number of methoxy groups -OCH3 is 1. The van der Waals surface area contributed by atoms with Crippen LogP contribution in [0.2, 0.25) is 0 Å². The van der Waals surface area contributed by atoms with E-state index in [4.69, 9.17) is 19.0 Å². The van der Waals surface area contributed by atoms with Gasteiger partial charge in [0.1, 0.15) is 16.2 Å². The lowest BCUT2D eigenvalue weighted by molar-refractivity contribution is 0.0511. The minimum absolute atomic E-state index is 0.0106. The molecule has 0 spiro atoms. The first-order valence-corrected chi connectivity index (χ1v) is 9.91. The number of benzene rings is 2. The fourth-order valence-electron chi connectivity index (χ4n) is 2.82. The molecule has 0 aliphatic rings. The molecule has 0 amide bonds. The fourth-order valence-corrected chi connectivity index (χ4v) is 3.87. The summed E-state index contributed by atoms with van der Waals surface area (Å²) >= 11 is 0. The van der Waals surface area contributed by atoms with Crippen molar-refractivity contribution < 1.29 is 27.4 Å². The lowest BCUT2D eigenvalue weighted by Gasteiger charge is -2.07. The van der Waals surface area contributed by atoms with E-state index < -0.39 is 9.84 Å². The standard InChI is InChI=1S/C19H20O6S/c1-23-12-24-15-5-3-4-14(11-15)18-19(26(2,21)22)16-10-13(8-9-20)6-7-17(16)25-18/h3-7,10-11,20H,8-9,12H2,1-2H3. The van der Waals surface area contributed by atoms with Gasteiger partial charge < -0.3 is 19.0 Å². The van der Waals surface area contributed by atoms with Gasteiger partial charge in [0.2, 0.25) is 0 Å². The topological polar surface area (TPSA) is 86.0 Å². The number of fused-ring (bicyclic) bond motifs is 1. The minimum atomic E-state index is -3.55. The maximum absolute atomic E-state index is 12.5. The van der Waals surface area contributed by atoms with E-state index in [0.717, 1.165) is 11.8 Å². The molecule has 0 atom stereocenters. The zero-order chi connectivity index (χ0) is 18.7. The van der Waals surface area contributed by atoms with E-state index in [0.29, 0.717) is 28.7 Å². The molecule has 3 aromatic rings. The zero-order valence-corrected chi connectivity index (χ0v) is 15.4. The number of rotatable bonds is 7. The van der Waals surface area contributed by atoms with E-state index in [-0.39, 0.29) is 24.1 Å². The van der Waals surface area contributed by atoms with Crippen LogP contribution in [0.3, 0.4) is 0 Å². The monoisotopic (exact) mass is 376 g/mol. The number of aliphatic hydroxyl groups is 1. The van der Waals surface area contributed by atoms with Gasteiger partial charge in [0.05, 0.1) is 0 Å². The van der Waals surface area contributed by atoms with E-state index in [1.807, 2.05) is 6.07 Å². The van der Waals surface area contributed by atoms with Crippen LogP contribution in [0.5, 0.6) is 5.75 Å². The van der Waals surface area contributed by atoms with Crippen molar-refractivity contribution in [2.24, 2.45) is 0 Å². The summed E-state index contributed by atoms with van der Waals surface area (Å²) in [6, 6.07) is 12.3. The van der Waals surface area contributed by atoms with Crippen LogP contribution in [-0.4, -0.2) is 40.3 Å². The Bertz CT molecular complexity index is 1020. The summed E-state index contributed by atoms with van der Waals surface area (Å²) < 4.78 is 41.1. The Hall–Kier alpha value is -2.35. The minimum Gasteiger partial charge on any atom is -0.468 e. The van der Waals surface area contributed by atoms with Crippen LogP contribution in [0.4, 0.5) is 0 Å². The van der Waals surface area contributed by atoms with Gasteiger partial charge in [0.25, 0.3) is 0 Å².